The van der Waals surface area contributed by atoms with Gasteiger partial charge in [-0.1, -0.05) is 44.2 Å². The summed E-state index contributed by atoms with van der Waals surface area (Å²) in [6.07, 6.45) is 0.506. The van der Waals surface area contributed by atoms with Crippen molar-refractivity contribution in [3.05, 3.63) is 35.9 Å². The van der Waals surface area contributed by atoms with Crippen molar-refractivity contribution in [2.45, 2.75) is 71.5 Å². The van der Waals surface area contributed by atoms with Gasteiger partial charge in [0.25, 0.3) is 0 Å². The summed E-state index contributed by atoms with van der Waals surface area (Å²) in [5.74, 6) is 0.183. The van der Waals surface area contributed by atoms with Crippen LogP contribution in [0.15, 0.2) is 30.3 Å². The van der Waals surface area contributed by atoms with Gasteiger partial charge in [0, 0.05) is 5.92 Å². The molecule has 1 aromatic carbocycles. The van der Waals surface area contributed by atoms with E-state index in [1.807, 2.05) is 51.1 Å². The van der Waals surface area contributed by atoms with Gasteiger partial charge in [-0.25, -0.2) is 4.79 Å². The number of hydrogen-bond acceptors (Lipinski definition) is 4. The average molecular weight is 349 g/mol. The molecule has 140 valence electrons. The van der Waals surface area contributed by atoms with Crippen molar-refractivity contribution in [1.82, 2.24) is 5.32 Å². The fourth-order valence-electron chi connectivity index (χ4n) is 3.16. The zero-order valence-corrected chi connectivity index (χ0v) is 16.0. The summed E-state index contributed by atoms with van der Waals surface area (Å²) in [4.78, 5) is 12.2. The highest BCUT2D eigenvalue weighted by atomic mass is 16.6. The normalized spacial score (nSPS) is 26.9. The van der Waals surface area contributed by atoms with Gasteiger partial charge in [-0.3, -0.25) is 0 Å². The minimum absolute atomic E-state index is 0.119. The van der Waals surface area contributed by atoms with E-state index in [1.165, 1.54) is 0 Å². The maximum atomic E-state index is 12.2. The van der Waals surface area contributed by atoms with E-state index in [0.29, 0.717) is 13.2 Å². The molecule has 5 nitrogen and oxygen atoms in total. The summed E-state index contributed by atoms with van der Waals surface area (Å²) in [5.41, 5.74) is 0.586. The first-order valence-corrected chi connectivity index (χ1v) is 9.06. The predicted molar refractivity (Wildman–Crippen MR) is 97.4 cm³/mol. The minimum Gasteiger partial charge on any atom is -0.444 e. The Kier molecular flexibility index (Phi) is 6.85. The summed E-state index contributed by atoms with van der Waals surface area (Å²) < 4.78 is 17.5. The van der Waals surface area contributed by atoms with E-state index < -0.39 is 11.7 Å². The molecule has 0 unspecified atom stereocenters. The lowest BCUT2D eigenvalue weighted by Gasteiger charge is -2.41. The van der Waals surface area contributed by atoms with E-state index in [1.54, 1.807) is 0 Å². The molecule has 0 aromatic heterocycles. The molecule has 0 spiro atoms. The fourth-order valence-corrected chi connectivity index (χ4v) is 3.16. The third-order valence-electron chi connectivity index (χ3n) is 4.38. The molecule has 0 saturated carbocycles. The first-order valence-electron chi connectivity index (χ1n) is 9.06. The average Bonchev–Trinajstić information content (AvgIpc) is 2.54. The SMILES string of the molecule is CC[C@H]1OC[C@H](NC(=O)OC(C)(C)C)[C@@H](OCc2ccccc2)[C@H]1C. The molecule has 2 rings (SSSR count). The number of hydrogen-bond donors (Lipinski definition) is 1. The van der Waals surface area contributed by atoms with Gasteiger partial charge in [-0.15, -0.1) is 0 Å². The van der Waals surface area contributed by atoms with Gasteiger partial charge in [0.2, 0.25) is 0 Å². The van der Waals surface area contributed by atoms with Crippen LogP contribution in [0, 0.1) is 5.92 Å². The number of amides is 1. The molecular weight excluding hydrogens is 318 g/mol. The molecule has 5 heteroatoms. The molecule has 0 aliphatic carbocycles. The van der Waals surface area contributed by atoms with E-state index in [-0.39, 0.29) is 24.2 Å². The van der Waals surface area contributed by atoms with Gasteiger partial charge in [0.15, 0.2) is 0 Å². The third kappa shape index (κ3) is 6.01. The second-order valence-electron chi connectivity index (χ2n) is 7.65. The van der Waals surface area contributed by atoms with Crippen LogP contribution in [-0.2, 0) is 20.8 Å². The lowest BCUT2D eigenvalue weighted by Crippen LogP contribution is -2.57. The summed E-state index contributed by atoms with van der Waals surface area (Å²) in [5, 5.41) is 2.93. The largest absolute Gasteiger partial charge is 0.444 e. The Balaban J connectivity index is 2.03. The third-order valence-corrected chi connectivity index (χ3v) is 4.38. The quantitative estimate of drug-likeness (QED) is 0.876. The van der Waals surface area contributed by atoms with Crippen LogP contribution in [0.1, 0.15) is 46.6 Å². The highest BCUT2D eigenvalue weighted by Crippen LogP contribution is 2.27. The first-order chi connectivity index (χ1) is 11.8. The Morgan fingerprint density at radius 3 is 2.56 bits per heavy atom. The maximum Gasteiger partial charge on any atom is 0.408 e. The molecule has 0 bridgehead atoms. The Labute approximate surface area is 151 Å². The smallest absolute Gasteiger partial charge is 0.408 e. The highest BCUT2D eigenvalue weighted by molar-refractivity contribution is 5.68. The van der Waals surface area contributed by atoms with Crippen molar-refractivity contribution in [3.63, 3.8) is 0 Å². The molecular formula is C20H31NO4. The van der Waals surface area contributed by atoms with E-state index in [4.69, 9.17) is 14.2 Å². The Hall–Kier alpha value is -1.59. The van der Waals surface area contributed by atoms with Crippen LogP contribution >= 0.6 is 0 Å². The van der Waals surface area contributed by atoms with Gasteiger partial charge in [0.05, 0.1) is 31.5 Å². The lowest BCUT2D eigenvalue weighted by atomic mass is 9.88. The van der Waals surface area contributed by atoms with Crippen LogP contribution in [0.25, 0.3) is 0 Å². The minimum atomic E-state index is -0.530. The Bertz CT molecular complexity index is 540. The topological polar surface area (TPSA) is 56.8 Å². The number of ether oxygens (including phenoxy) is 3. The number of alkyl carbamates (subject to hydrolysis) is 1. The van der Waals surface area contributed by atoms with E-state index in [9.17, 15) is 4.79 Å². The number of carbonyl (C=O) groups is 1. The van der Waals surface area contributed by atoms with Gasteiger partial charge in [-0.05, 0) is 32.8 Å². The Morgan fingerprint density at radius 1 is 1.28 bits per heavy atom. The van der Waals surface area contributed by atoms with Crippen molar-refractivity contribution in [3.8, 4) is 0 Å². The van der Waals surface area contributed by atoms with Crippen molar-refractivity contribution >= 4 is 6.09 Å². The molecule has 1 N–H and O–H groups in total. The molecule has 4 atom stereocenters. The van der Waals surface area contributed by atoms with Crippen LogP contribution < -0.4 is 5.32 Å². The zero-order chi connectivity index (χ0) is 18.4. The van der Waals surface area contributed by atoms with Crippen LogP contribution in [0.2, 0.25) is 0 Å². The summed E-state index contributed by atoms with van der Waals surface area (Å²) in [7, 11) is 0. The number of nitrogens with one attached hydrogen (secondary N) is 1. The predicted octanol–water partition coefficient (Wildman–Crippen LogP) is 3.91. The van der Waals surface area contributed by atoms with Crippen LogP contribution in [0.5, 0.6) is 0 Å². The van der Waals surface area contributed by atoms with Gasteiger partial charge >= 0.3 is 6.09 Å². The maximum absolute atomic E-state index is 12.2. The summed E-state index contributed by atoms with van der Waals surface area (Å²) in [6.45, 7) is 10.7. The summed E-state index contributed by atoms with van der Waals surface area (Å²) in [6, 6.07) is 9.83. The van der Waals surface area contributed by atoms with Crippen molar-refractivity contribution in [2.75, 3.05) is 6.61 Å². The monoisotopic (exact) mass is 349 g/mol. The summed E-state index contributed by atoms with van der Waals surface area (Å²) >= 11 is 0. The molecule has 1 aliphatic rings. The van der Waals surface area contributed by atoms with Crippen molar-refractivity contribution in [1.29, 1.82) is 0 Å². The second kappa shape index (κ2) is 8.68. The van der Waals surface area contributed by atoms with Gasteiger partial charge in [0.1, 0.15) is 5.60 Å². The van der Waals surface area contributed by atoms with Crippen molar-refractivity contribution < 1.29 is 19.0 Å². The number of rotatable bonds is 5. The van der Waals surface area contributed by atoms with E-state index in [0.717, 1.165) is 12.0 Å². The van der Waals surface area contributed by atoms with Crippen LogP contribution in [0.4, 0.5) is 4.79 Å². The second-order valence-corrected chi connectivity index (χ2v) is 7.65. The molecule has 1 fully saturated rings. The zero-order valence-electron chi connectivity index (χ0n) is 16.0. The van der Waals surface area contributed by atoms with Gasteiger partial charge < -0.3 is 19.5 Å². The van der Waals surface area contributed by atoms with Gasteiger partial charge in [-0.2, -0.15) is 0 Å². The first kappa shape index (κ1) is 19.7. The van der Waals surface area contributed by atoms with Crippen LogP contribution in [-0.4, -0.2) is 36.6 Å². The molecule has 1 heterocycles. The molecule has 25 heavy (non-hydrogen) atoms. The standard InChI is InChI=1S/C20H31NO4/c1-6-17-14(2)18(24-12-15-10-8-7-9-11-15)16(13-23-17)21-19(22)25-20(3,4)5/h7-11,14,16-18H,6,12-13H2,1-5H3,(H,21,22)/t14-,16-,17+,18-/m0/s1. The van der Waals surface area contributed by atoms with E-state index >= 15 is 0 Å². The molecule has 1 aliphatic heterocycles. The number of carbonyl (C=O) groups excluding carboxylic acids is 1. The molecule has 1 amide bonds. The van der Waals surface area contributed by atoms with E-state index in [2.05, 4.69) is 19.2 Å². The number of benzene rings is 1. The van der Waals surface area contributed by atoms with Crippen molar-refractivity contribution in [2.24, 2.45) is 5.92 Å². The van der Waals surface area contributed by atoms with Crippen LogP contribution in [0.3, 0.4) is 0 Å². The molecule has 0 radical (unpaired) electrons. The lowest BCUT2D eigenvalue weighted by molar-refractivity contribution is -0.134. The molecule has 1 aromatic rings. The fraction of sp³-hybridized carbons (Fsp3) is 0.650. The Morgan fingerprint density at radius 2 is 1.96 bits per heavy atom. The highest BCUT2D eigenvalue weighted by Gasteiger charge is 2.39. The molecule has 1 saturated heterocycles.